The van der Waals surface area contributed by atoms with E-state index in [0.29, 0.717) is 11.4 Å². The second kappa shape index (κ2) is 7.48. The Morgan fingerprint density at radius 2 is 1.86 bits per heavy atom. The van der Waals surface area contributed by atoms with Gasteiger partial charge in [-0.15, -0.1) is 11.6 Å². The number of benzene rings is 2. The van der Waals surface area contributed by atoms with Crippen LogP contribution in [0.1, 0.15) is 23.4 Å². The van der Waals surface area contributed by atoms with Crippen molar-refractivity contribution in [2.24, 2.45) is 0 Å². The predicted molar refractivity (Wildman–Crippen MR) is 87.8 cm³/mol. The second-order valence-electron chi connectivity index (χ2n) is 5.02. The summed E-state index contributed by atoms with van der Waals surface area (Å²) in [6, 6.07) is 16.9. The fourth-order valence-electron chi connectivity index (χ4n) is 2.16. The summed E-state index contributed by atoms with van der Waals surface area (Å²) in [4.78, 5) is 12.1. The van der Waals surface area contributed by atoms with Crippen molar-refractivity contribution in [1.82, 2.24) is 5.32 Å². The van der Waals surface area contributed by atoms with Gasteiger partial charge in [0.2, 0.25) is 5.91 Å². The minimum Gasteiger partial charge on any atom is -0.352 e. The van der Waals surface area contributed by atoms with Gasteiger partial charge in [0.05, 0.1) is 0 Å². The molecule has 2 aromatic carbocycles. The number of hydrogen-bond acceptors (Lipinski definition) is 1. The molecule has 0 radical (unpaired) electrons. The van der Waals surface area contributed by atoms with Crippen LogP contribution in [0.4, 0.5) is 0 Å². The first-order chi connectivity index (χ1) is 10.1. The maximum atomic E-state index is 12.1. The van der Waals surface area contributed by atoms with Crippen LogP contribution >= 0.6 is 23.2 Å². The molecule has 0 aliphatic rings. The second-order valence-corrected chi connectivity index (χ2v) is 5.89. The lowest BCUT2D eigenvalue weighted by Gasteiger charge is -2.17. The first kappa shape index (κ1) is 15.9. The highest BCUT2D eigenvalue weighted by Gasteiger charge is 2.19. The summed E-state index contributed by atoms with van der Waals surface area (Å²) in [7, 11) is 0. The minimum atomic E-state index is -0.673. The molecular weight excluding hydrogens is 305 g/mol. The molecule has 0 spiro atoms. The molecule has 0 bridgehead atoms. The average Bonchev–Trinajstić information content (AvgIpc) is 2.47. The molecule has 2 unspecified atom stereocenters. The van der Waals surface area contributed by atoms with E-state index in [4.69, 9.17) is 23.2 Å². The Morgan fingerprint density at radius 1 is 1.14 bits per heavy atom. The van der Waals surface area contributed by atoms with E-state index in [9.17, 15) is 4.79 Å². The highest BCUT2D eigenvalue weighted by atomic mass is 35.5. The van der Waals surface area contributed by atoms with Gasteiger partial charge < -0.3 is 5.32 Å². The van der Waals surface area contributed by atoms with Crippen LogP contribution < -0.4 is 5.32 Å². The van der Waals surface area contributed by atoms with Gasteiger partial charge in [0.1, 0.15) is 5.38 Å². The number of hydrogen-bond donors (Lipinski definition) is 1. The normalized spacial score (nSPS) is 13.5. The SMILES string of the molecule is CC(Cc1cccc(Cl)c1)NC(=O)C(Cl)c1ccccc1. The summed E-state index contributed by atoms with van der Waals surface area (Å²) in [5, 5.41) is 2.96. The topological polar surface area (TPSA) is 29.1 Å². The molecule has 21 heavy (non-hydrogen) atoms. The third-order valence-corrected chi connectivity index (χ3v) is 3.83. The zero-order valence-corrected chi connectivity index (χ0v) is 13.2. The van der Waals surface area contributed by atoms with Gasteiger partial charge in [-0.1, -0.05) is 54.1 Å². The Labute approximate surface area is 135 Å². The summed E-state index contributed by atoms with van der Waals surface area (Å²) >= 11 is 12.2. The quantitative estimate of drug-likeness (QED) is 0.814. The number of carbonyl (C=O) groups is 1. The number of rotatable bonds is 5. The molecule has 1 amide bonds. The van der Waals surface area contributed by atoms with E-state index in [1.165, 1.54) is 0 Å². The molecule has 1 N–H and O–H groups in total. The summed E-state index contributed by atoms with van der Waals surface area (Å²) in [5.74, 6) is -0.183. The van der Waals surface area contributed by atoms with Crippen LogP contribution in [0.25, 0.3) is 0 Å². The van der Waals surface area contributed by atoms with Crippen molar-refractivity contribution in [3.05, 3.63) is 70.7 Å². The van der Waals surface area contributed by atoms with Crippen molar-refractivity contribution in [3.8, 4) is 0 Å². The van der Waals surface area contributed by atoms with Crippen LogP contribution in [0.15, 0.2) is 54.6 Å². The third kappa shape index (κ3) is 4.76. The van der Waals surface area contributed by atoms with Crippen molar-refractivity contribution in [2.45, 2.75) is 24.8 Å². The Balaban J connectivity index is 1.93. The van der Waals surface area contributed by atoms with Crippen molar-refractivity contribution in [3.63, 3.8) is 0 Å². The largest absolute Gasteiger partial charge is 0.352 e. The molecule has 0 aliphatic carbocycles. The van der Waals surface area contributed by atoms with E-state index < -0.39 is 5.38 Å². The summed E-state index contributed by atoms with van der Waals surface area (Å²) < 4.78 is 0. The first-order valence-corrected chi connectivity index (χ1v) is 7.61. The van der Waals surface area contributed by atoms with Crippen LogP contribution in [0, 0.1) is 0 Å². The van der Waals surface area contributed by atoms with Gasteiger partial charge in [-0.25, -0.2) is 0 Å². The highest BCUT2D eigenvalue weighted by molar-refractivity contribution is 6.31. The van der Waals surface area contributed by atoms with E-state index in [1.54, 1.807) is 0 Å². The lowest BCUT2D eigenvalue weighted by molar-refractivity contribution is -0.121. The standard InChI is InChI=1S/C17H17Cl2NO/c1-12(10-13-6-5-9-15(18)11-13)20-17(21)16(19)14-7-3-2-4-8-14/h2-9,11-12,16H,10H2,1H3,(H,20,21). The first-order valence-electron chi connectivity index (χ1n) is 6.80. The maximum Gasteiger partial charge on any atom is 0.242 e. The number of nitrogens with one attached hydrogen (secondary N) is 1. The van der Waals surface area contributed by atoms with Gasteiger partial charge in [-0.3, -0.25) is 4.79 Å². The zero-order valence-electron chi connectivity index (χ0n) is 11.7. The van der Waals surface area contributed by atoms with Crippen LogP contribution in [0.5, 0.6) is 0 Å². The maximum absolute atomic E-state index is 12.1. The van der Waals surface area contributed by atoms with E-state index in [1.807, 2.05) is 61.5 Å². The molecule has 0 heterocycles. The molecule has 0 aliphatic heterocycles. The summed E-state index contributed by atoms with van der Waals surface area (Å²) in [6.07, 6.45) is 0.713. The summed E-state index contributed by atoms with van der Waals surface area (Å²) in [5.41, 5.74) is 1.88. The molecule has 2 rings (SSSR count). The van der Waals surface area contributed by atoms with E-state index in [2.05, 4.69) is 5.32 Å². The van der Waals surface area contributed by atoms with Gasteiger partial charge in [0.15, 0.2) is 0 Å². The van der Waals surface area contributed by atoms with Crippen LogP contribution in [0.3, 0.4) is 0 Å². The monoisotopic (exact) mass is 321 g/mol. The van der Waals surface area contributed by atoms with Crippen LogP contribution in [-0.2, 0) is 11.2 Å². The number of amides is 1. The number of halogens is 2. The van der Waals surface area contributed by atoms with Gasteiger partial charge >= 0.3 is 0 Å². The molecule has 0 saturated heterocycles. The van der Waals surface area contributed by atoms with Gasteiger partial charge in [0, 0.05) is 11.1 Å². The Morgan fingerprint density at radius 3 is 2.52 bits per heavy atom. The van der Waals surface area contributed by atoms with Crippen molar-refractivity contribution in [2.75, 3.05) is 0 Å². The van der Waals surface area contributed by atoms with Crippen molar-refractivity contribution >= 4 is 29.1 Å². The Kier molecular flexibility index (Phi) is 5.66. The number of carbonyl (C=O) groups excluding carboxylic acids is 1. The Bertz CT molecular complexity index is 601. The van der Waals surface area contributed by atoms with Gasteiger partial charge in [-0.2, -0.15) is 0 Å². The fourth-order valence-corrected chi connectivity index (χ4v) is 2.58. The molecule has 2 aromatic rings. The van der Waals surface area contributed by atoms with E-state index in [0.717, 1.165) is 11.1 Å². The summed E-state index contributed by atoms with van der Waals surface area (Å²) in [6.45, 7) is 1.95. The van der Waals surface area contributed by atoms with Crippen LogP contribution in [-0.4, -0.2) is 11.9 Å². The molecule has 4 heteroatoms. The smallest absolute Gasteiger partial charge is 0.242 e. The average molecular weight is 322 g/mol. The van der Waals surface area contributed by atoms with E-state index in [-0.39, 0.29) is 11.9 Å². The molecule has 110 valence electrons. The highest BCUT2D eigenvalue weighted by Crippen LogP contribution is 2.20. The third-order valence-electron chi connectivity index (χ3n) is 3.14. The van der Waals surface area contributed by atoms with Crippen molar-refractivity contribution < 1.29 is 4.79 Å². The molecule has 0 aromatic heterocycles. The lowest BCUT2D eigenvalue weighted by Crippen LogP contribution is -2.36. The van der Waals surface area contributed by atoms with Crippen molar-refractivity contribution in [1.29, 1.82) is 0 Å². The molecule has 0 saturated carbocycles. The molecular formula is C17H17Cl2NO. The van der Waals surface area contributed by atoms with Gasteiger partial charge in [-0.05, 0) is 36.6 Å². The Hall–Kier alpha value is -1.51. The molecule has 2 atom stereocenters. The molecule has 2 nitrogen and oxygen atoms in total. The lowest BCUT2D eigenvalue weighted by atomic mass is 10.1. The van der Waals surface area contributed by atoms with Gasteiger partial charge in [0.25, 0.3) is 0 Å². The minimum absolute atomic E-state index is 0.0130. The van der Waals surface area contributed by atoms with E-state index >= 15 is 0 Å². The number of alkyl halides is 1. The fraction of sp³-hybridized carbons (Fsp3) is 0.235. The van der Waals surface area contributed by atoms with Crippen LogP contribution in [0.2, 0.25) is 5.02 Å². The predicted octanol–water partition coefficient (Wildman–Crippen LogP) is 4.37. The zero-order chi connectivity index (χ0) is 15.2. The molecule has 0 fully saturated rings.